The van der Waals surface area contributed by atoms with Crippen molar-refractivity contribution in [1.82, 2.24) is 15.2 Å². The third-order valence-electron chi connectivity index (χ3n) is 4.23. The third kappa shape index (κ3) is 5.24. The number of halogens is 2. The molecule has 2 heterocycles. The molecule has 9 heteroatoms. The first-order chi connectivity index (χ1) is 14.6. The first-order valence-corrected chi connectivity index (χ1v) is 10.7. The third-order valence-corrected chi connectivity index (χ3v) is 5.73. The zero-order valence-electron chi connectivity index (χ0n) is 15.6. The van der Waals surface area contributed by atoms with Crippen LogP contribution in [0.5, 0.6) is 0 Å². The number of carbonyl (C=O) groups excluding carboxylic acids is 1. The number of hydrogen-bond acceptors (Lipinski definition) is 6. The highest BCUT2D eigenvalue weighted by Gasteiger charge is 2.12. The molecule has 0 aliphatic heterocycles. The van der Waals surface area contributed by atoms with Crippen molar-refractivity contribution in [1.29, 1.82) is 0 Å². The Bertz CT molecular complexity index is 1160. The van der Waals surface area contributed by atoms with Gasteiger partial charge in [0.2, 0.25) is 17.7 Å². The van der Waals surface area contributed by atoms with E-state index in [1.54, 1.807) is 18.3 Å². The fourth-order valence-electron chi connectivity index (χ4n) is 2.75. The van der Waals surface area contributed by atoms with Gasteiger partial charge >= 0.3 is 0 Å². The number of nitrogens with one attached hydrogen (secondary N) is 1. The van der Waals surface area contributed by atoms with Crippen molar-refractivity contribution in [3.05, 3.63) is 81.1 Å². The van der Waals surface area contributed by atoms with E-state index in [1.165, 1.54) is 11.3 Å². The standard InChI is InChI=1S/C21H16Cl2N4O2S/c22-15-7-6-14(17(23)11-15)10-16-12-24-21(30-16)25-18(28)8-9-19-26-27-20(29-19)13-4-2-1-3-5-13/h1-7,11-12H,8-10H2,(H,24,25,28). The molecule has 0 aliphatic rings. The maximum absolute atomic E-state index is 12.3. The van der Waals surface area contributed by atoms with Crippen LogP contribution in [-0.4, -0.2) is 21.1 Å². The van der Waals surface area contributed by atoms with Gasteiger partial charge in [-0.25, -0.2) is 4.98 Å². The number of amides is 1. The molecule has 0 spiro atoms. The first kappa shape index (κ1) is 20.5. The molecule has 2 aromatic carbocycles. The summed E-state index contributed by atoms with van der Waals surface area (Å²) in [5, 5.41) is 12.6. The normalized spacial score (nSPS) is 10.9. The molecule has 0 atom stereocenters. The Morgan fingerprint density at radius 3 is 2.73 bits per heavy atom. The second kappa shape index (κ2) is 9.38. The van der Waals surface area contributed by atoms with Gasteiger partial charge in [0.1, 0.15) is 0 Å². The molecule has 0 bridgehead atoms. The number of hydrogen-bond donors (Lipinski definition) is 1. The molecule has 0 saturated heterocycles. The quantitative estimate of drug-likeness (QED) is 0.386. The molecule has 6 nitrogen and oxygen atoms in total. The molecule has 0 unspecified atom stereocenters. The van der Waals surface area contributed by atoms with Crippen LogP contribution in [0.3, 0.4) is 0 Å². The number of nitrogens with zero attached hydrogens (tertiary/aromatic N) is 3. The molecular formula is C21H16Cl2N4O2S. The number of anilines is 1. The van der Waals surface area contributed by atoms with Crippen LogP contribution in [0.4, 0.5) is 5.13 Å². The van der Waals surface area contributed by atoms with E-state index in [1.807, 2.05) is 36.4 Å². The van der Waals surface area contributed by atoms with Gasteiger partial charge in [0.05, 0.1) is 0 Å². The summed E-state index contributed by atoms with van der Waals surface area (Å²) in [6.07, 6.45) is 2.92. The van der Waals surface area contributed by atoms with Crippen LogP contribution in [0, 0.1) is 0 Å². The van der Waals surface area contributed by atoms with Gasteiger partial charge in [0.25, 0.3) is 0 Å². The van der Waals surface area contributed by atoms with Crippen molar-refractivity contribution in [2.75, 3.05) is 5.32 Å². The second-order valence-corrected chi connectivity index (χ2v) is 8.42. The molecule has 4 rings (SSSR count). The summed E-state index contributed by atoms with van der Waals surface area (Å²) in [7, 11) is 0. The first-order valence-electron chi connectivity index (χ1n) is 9.13. The van der Waals surface area contributed by atoms with Gasteiger partial charge in [-0.15, -0.1) is 21.5 Å². The Kier molecular flexibility index (Phi) is 6.42. The molecule has 0 aliphatic carbocycles. The average molecular weight is 459 g/mol. The minimum absolute atomic E-state index is 0.167. The van der Waals surface area contributed by atoms with E-state index in [0.717, 1.165) is 16.0 Å². The monoisotopic (exact) mass is 458 g/mol. The Morgan fingerprint density at radius 2 is 1.93 bits per heavy atom. The highest BCUT2D eigenvalue weighted by atomic mass is 35.5. The van der Waals surface area contributed by atoms with Gasteiger partial charge in [0.15, 0.2) is 5.13 Å². The molecule has 152 valence electrons. The number of aromatic nitrogens is 3. The van der Waals surface area contributed by atoms with Crippen molar-refractivity contribution in [3.8, 4) is 11.5 Å². The maximum atomic E-state index is 12.3. The van der Waals surface area contributed by atoms with E-state index in [2.05, 4.69) is 20.5 Å². The van der Waals surface area contributed by atoms with E-state index in [4.69, 9.17) is 27.6 Å². The summed E-state index contributed by atoms with van der Waals surface area (Å²) >= 11 is 13.6. The fourth-order valence-corrected chi connectivity index (χ4v) is 4.08. The predicted octanol–water partition coefficient (Wildman–Crippen LogP) is 5.66. The lowest BCUT2D eigenvalue weighted by Gasteiger charge is -2.02. The van der Waals surface area contributed by atoms with Crippen LogP contribution < -0.4 is 5.32 Å². The van der Waals surface area contributed by atoms with Gasteiger partial charge in [-0.1, -0.05) is 47.5 Å². The summed E-state index contributed by atoms with van der Waals surface area (Å²) in [4.78, 5) is 17.5. The van der Waals surface area contributed by atoms with Crippen molar-refractivity contribution in [3.63, 3.8) is 0 Å². The minimum atomic E-state index is -0.167. The molecule has 0 saturated carbocycles. The Balaban J connectivity index is 1.30. The molecule has 1 amide bonds. The average Bonchev–Trinajstić information content (AvgIpc) is 3.39. The highest BCUT2D eigenvalue weighted by molar-refractivity contribution is 7.15. The Labute approximate surface area is 186 Å². The van der Waals surface area contributed by atoms with Crippen LogP contribution in [0.2, 0.25) is 10.0 Å². The van der Waals surface area contributed by atoms with Gasteiger partial charge in [0, 0.05) is 45.9 Å². The summed E-state index contributed by atoms with van der Waals surface area (Å²) in [5.41, 5.74) is 1.80. The molecule has 1 N–H and O–H groups in total. The van der Waals surface area contributed by atoms with Crippen LogP contribution >= 0.6 is 34.5 Å². The van der Waals surface area contributed by atoms with E-state index in [-0.39, 0.29) is 12.3 Å². The smallest absolute Gasteiger partial charge is 0.247 e. The SMILES string of the molecule is O=C(CCc1nnc(-c2ccccc2)o1)Nc1ncc(Cc2ccc(Cl)cc2Cl)s1. The predicted molar refractivity (Wildman–Crippen MR) is 118 cm³/mol. The summed E-state index contributed by atoms with van der Waals surface area (Å²) < 4.78 is 5.62. The lowest BCUT2D eigenvalue weighted by Crippen LogP contribution is -2.12. The van der Waals surface area contributed by atoms with Crippen LogP contribution in [0.1, 0.15) is 22.8 Å². The van der Waals surface area contributed by atoms with E-state index in [9.17, 15) is 4.79 Å². The molecule has 0 radical (unpaired) electrons. The molecule has 4 aromatic rings. The largest absolute Gasteiger partial charge is 0.421 e. The molecule has 30 heavy (non-hydrogen) atoms. The van der Waals surface area contributed by atoms with Crippen molar-refractivity contribution < 1.29 is 9.21 Å². The Morgan fingerprint density at radius 1 is 1.10 bits per heavy atom. The second-order valence-electron chi connectivity index (χ2n) is 6.46. The molecular weight excluding hydrogens is 443 g/mol. The molecule has 0 fully saturated rings. The van der Waals surface area contributed by atoms with Crippen LogP contribution in [-0.2, 0) is 17.6 Å². The van der Waals surface area contributed by atoms with Gasteiger partial charge in [-0.05, 0) is 29.8 Å². The molecule has 2 aromatic heterocycles. The summed E-state index contributed by atoms with van der Waals surface area (Å²) in [6, 6.07) is 14.9. The summed E-state index contributed by atoms with van der Waals surface area (Å²) in [5.74, 6) is 0.692. The lowest BCUT2D eigenvalue weighted by atomic mass is 10.1. The van der Waals surface area contributed by atoms with Gasteiger partial charge < -0.3 is 9.73 Å². The van der Waals surface area contributed by atoms with Gasteiger partial charge in [-0.2, -0.15) is 0 Å². The number of carbonyl (C=O) groups is 1. The zero-order valence-corrected chi connectivity index (χ0v) is 18.0. The number of thiazole rings is 1. The number of benzene rings is 2. The van der Waals surface area contributed by atoms with Crippen molar-refractivity contribution in [2.24, 2.45) is 0 Å². The van der Waals surface area contributed by atoms with Crippen LogP contribution in [0.25, 0.3) is 11.5 Å². The Hall–Kier alpha value is -2.74. The van der Waals surface area contributed by atoms with Gasteiger partial charge in [-0.3, -0.25) is 4.79 Å². The lowest BCUT2D eigenvalue weighted by molar-refractivity contribution is -0.116. The van der Waals surface area contributed by atoms with Crippen molar-refractivity contribution in [2.45, 2.75) is 19.3 Å². The van der Waals surface area contributed by atoms with E-state index >= 15 is 0 Å². The maximum Gasteiger partial charge on any atom is 0.247 e. The zero-order chi connectivity index (χ0) is 20.9. The van der Waals surface area contributed by atoms with Crippen LogP contribution in [0.15, 0.2) is 59.1 Å². The van der Waals surface area contributed by atoms with E-state index in [0.29, 0.717) is 39.8 Å². The number of aryl methyl sites for hydroxylation is 1. The minimum Gasteiger partial charge on any atom is -0.421 e. The topological polar surface area (TPSA) is 80.9 Å². The summed E-state index contributed by atoms with van der Waals surface area (Å²) in [6.45, 7) is 0. The number of rotatable bonds is 7. The fraction of sp³-hybridized carbons (Fsp3) is 0.143. The highest BCUT2D eigenvalue weighted by Crippen LogP contribution is 2.27. The van der Waals surface area contributed by atoms with Crippen molar-refractivity contribution >= 4 is 45.6 Å². The van der Waals surface area contributed by atoms with E-state index < -0.39 is 0 Å².